The molecule has 196 valence electrons. The van der Waals surface area contributed by atoms with Gasteiger partial charge in [0.05, 0.1) is 18.8 Å². The SMILES string of the molecule is COc1cc(C(=O)N2CCC3(CC2)CC(Oc2ccccc2C#N)c2ccccc2O3)ccc1OC(C)C. The fraction of sp³-hybridized carbons (Fsp3) is 0.355. The number of hydrogen-bond donors (Lipinski definition) is 0. The number of piperidine rings is 1. The van der Waals surface area contributed by atoms with E-state index in [4.69, 9.17) is 18.9 Å². The van der Waals surface area contributed by atoms with Crippen molar-refractivity contribution in [1.29, 1.82) is 5.26 Å². The molecule has 2 heterocycles. The summed E-state index contributed by atoms with van der Waals surface area (Å²) in [5.41, 5.74) is 1.59. The zero-order valence-corrected chi connectivity index (χ0v) is 22.0. The topological polar surface area (TPSA) is 81.0 Å². The summed E-state index contributed by atoms with van der Waals surface area (Å²) >= 11 is 0. The molecule has 0 saturated carbocycles. The van der Waals surface area contributed by atoms with E-state index < -0.39 is 5.60 Å². The first-order valence-electron chi connectivity index (χ1n) is 13.0. The number of rotatable bonds is 6. The van der Waals surface area contributed by atoms with Gasteiger partial charge in [0.1, 0.15) is 29.3 Å². The molecule has 38 heavy (non-hydrogen) atoms. The number of likely N-dealkylation sites (tertiary alicyclic amines) is 1. The summed E-state index contributed by atoms with van der Waals surface area (Å²) in [5, 5.41) is 9.54. The highest BCUT2D eigenvalue weighted by molar-refractivity contribution is 5.95. The van der Waals surface area contributed by atoms with E-state index in [1.807, 2.05) is 61.2 Å². The summed E-state index contributed by atoms with van der Waals surface area (Å²) in [4.78, 5) is 15.2. The van der Waals surface area contributed by atoms with Gasteiger partial charge in [-0.1, -0.05) is 30.3 Å². The molecular weight excluding hydrogens is 480 g/mol. The largest absolute Gasteiger partial charge is 0.493 e. The Bertz CT molecular complexity index is 1350. The van der Waals surface area contributed by atoms with Crippen LogP contribution >= 0.6 is 0 Å². The van der Waals surface area contributed by atoms with Crippen LogP contribution in [0.2, 0.25) is 0 Å². The molecular formula is C31H32N2O5. The third-order valence-electron chi connectivity index (χ3n) is 7.16. The Hall–Kier alpha value is -4.18. The zero-order chi connectivity index (χ0) is 26.7. The van der Waals surface area contributed by atoms with E-state index in [1.54, 1.807) is 31.4 Å². The van der Waals surface area contributed by atoms with Crippen molar-refractivity contribution in [3.8, 4) is 29.1 Å². The first-order valence-corrected chi connectivity index (χ1v) is 13.0. The van der Waals surface area contributed by atoms with E-state index in [9.17, 15) is 10.1 Å². The van der Waals surface area contributed by atoms with Crippen molar-refractivity contribution in [3.63, 3.8) is 0 Å². The van der Waals surface area contributed by atoms with Crippen molar-refractivity contribution < 1.29 is 23.7 Å². The van der Waals surface area contributed by atoms with Gasteiger partial charge in [-0.2, -0.15) is 5.26 Å². The number of nitrogens with zero attached hydrogens (tertiary/aromatic N) is 2. The van der Waals surface area contributed by atoms with E-state index in [1.165, 1.54) is 0 Å². The molecule has 1 unspecified atom stereocenters. The summed E-state index contributed by atoms with van der Waals surface area (Å²) in [5.74, 6) is 2.49. The Balaban J connectivity index is 1.32. The summed E-state index contributed by atoms with van der Waals surface area (Å²) in [6.07, 6.45) is 1.75. The maximum absolute atomic E-state index is 13.4. The van der Waals surface area contributed by atoms with E-state index in [2.05, 4.69) is 6.07 Å². The average Bonchev–Trinajstić information content (AvgIpc) is 2.93. The van der Waals surface area contributed by atoms with Crippen LogP contribution in [0.15, 0.2) is 66.7 Å². The number of para-hydroxylation sites is 2. The Morgan fingerprint density at radius 1 is 1.03 bits per heavy atom. The lowest BCUT2D eigenvalue weighted by Gasteiger charge is -2.46. The van der Waals surface area contributed by atoms with E-state index in [0.29, 0.717) is 60.7 Å². The van der Waals surface area contributed by atoms with Crippen molar-refractivity contribution >= 4 is 5.91 Å². The Labute approximate surface area is 223 Å². The van der Waals surface area contributed by atoms with Crippen molar-refractivity contribution in [2.24, 2.45) is 0 Å². The first-order chi connectivity index (χ1) is 18.4. The van der Waals surface area contributed by atoms with Crippen molar-refractivity contribution in [2.45, 2.75) is 50.9 Å². The molecule has 0 bridgehead atoms. The number of carbonyl (C=O) groups is 1. The van der Waals surface area contributed by atoms with Gasteiger partial charge < -0.3 is 23.8 Å². The lowest BCUT2D eigenvalue weighted by atomic mass is 9.81. The van der Waals surface area contributed by atoms with Crippen LogP contribution in [0, 0.1) is 11.3 Å². The average molecular weight is 513 g/mol. The van der Waals surface area contributed by atoms with Gasteiger partial charge >= 0.3 is 0 Å². The van der Waals surface area contributed by atoms with Gasteiger partial charge in [0.25, 0.3) is 5.91 Å². The normalized spacial score (nSPS) is 17.8. The lowest BCUT2D eigenvalue weighted by Crippen LogP contribution is -2.52. The van der Waals surface area contributed by atoms with Gasteiger partial charge in [-0.05, 0) is 50.2 Å². The van der Waals surface area contributed by atoms with Crippen LogP contribution in [0.25, 0.3) is 0 Å². The lowest BCUT2D eigenvalue weighted by molar-refractivity contribution is -0.0437. The number of hydrogen-bond acceptors (Lipinski definition) is 6. The third-order valence-corrected chi connectivity index (χ3v) is 7.16. The Morgan fingerprint density at radius 3 is 2.50 bits per heavy atom. The molecule has 0 aromatic heterocycles. The second-order valence-corrected chi connectivity index (χ2v) is 10.1. The highest BCUT2D eigenvalue weighted by Crippen LogP contribution is 2.46. The second-order valence-electron chi connectivity index (χ2n) is 10.1. The van der Waals surface area contributed by atoms with E-state index in [-0.39, 0.29) is 18.1 Å². The maximum Gasteiger partial charge on any atom is 0.253 e. The molecule has 2 aliphatic heterocycles. The zero-order valence-electron chi connectivity index (χ0n) is 22.0. The number of ether oxygens (including phenoxy) is 4. The van der Waals surface area contributed by atoms with E-state index in [0.717, 1.165) is 11.3 Å². The molecule has 3 aromatic rings. The number of amides is 1. The van der Waals surface area contributed by atoms with Gasteiger partial charge in [-0.3, -0.25) is 4.79 Å². The molecule has 0 radical (unpaired) electrons. The predicted molar refractivity (Wildman–Crippen MR) is 143 cm³/mol. The van der Waals surface area contributed by atoms with Crippen molar-refractivity contribution in [1.82, 2.24) is 4.90 Å². The second kappa shape index (κ2) is 10.7. The molecule has 1 amide bonds. The van der Waals surface area contributed by atoms with Crippen LogP contribution in [-0.4, -0.2) is 42.7 Å². The van der Waals surface area contributed by atoms with Crippen LogP contribution in [-0.2, 0) is 0 Å². The van der Waals surface area contributed by atoms with Gasteiger partial charge in [0, 0.05) is 43.5 Å². The van der Waals surface area contributed by atoms with Gasteiger partial charge in [0.2, 0.25) is 0 Å². The molecule has 1 saturated heterocycles. The number of benzene rings is 3. The molecule has 5 rings (SSSR count). The molecule has 1 atom stereocenters. The highest BCUT2D eigenvalue weighted by Gasteiger charge is 2.45. The summed E-state index contributed by atoms with van der Waals surface area (Å²) in [7, 11) is 1.58. The van der Waals surface area contributed by atoms with Gasteiger partial charge in [0.15, 0.2) is 11.5 Å². The molecule has 0 N–H and O–H groups in total. The van der Waals surface area contributed by atoms with Crippen LogP contribution in [0.4, 0.5) is 0 Å². The monoisotopic (exact) mass is 512 g/mol. The molecule has 1 fully saturated rings. The number of methoxy groups -OCH3 is 1. The minimum absolute atomic E-state index is 0.00514. The summed E-state index contributed by atoms with van der Waals surface area (Å²) in [6.45, 7) is 5.03. The molecule has 7 nitrogen and oxygen atoms in total. The van der Waals surface area contributed by atoms with Crippen LogP contribution in [0.5, 0.6) is 23.0 Å². The summed E-state index contributed by atoms with van der Waals surface area (Å²) < 4.78 is 24.3. The molecule has 7 heteroatoms. The quantitative estimate of drug-likeness (QED) is 0.407. The third kappa shape index (κ3) is 5.12. The number of nitriles is 1. The smallest absolute Gasteiger partial charge is 0.253 e. The first kappa shape index (κ1) is 25.5. The Morgan fingerprint density at radius 2 is 1.76 bits per heavy atom. The highest BCUT2D eigenvalue weighted by atomic mass is 16.5. The van der Waals surface area contributed by atoms with Crippen LogP contribution in [0.3, 0.4) is 0 Å². The number of carbonyl (C=O) groups excluding carboxylic acids is 1. The molecule has 0 aliphatic carbocycles. The molecule has 3 aromatic carbocycles. The van der Waals surface area contributed by atoms with Gasteiger partial charge in [-0.25, -0.2) is 0 Å². The van der Waals surface area contributed by atoms with Crippen molar-refractivity contribution in [2.75, 3.05) is 20.2 Å². The van der Waals surface area contributed by atoms with Gasteiger partial charge in [-0.15, -0.1) is 0 Å². The van der Waals surface area contributed by atoms with Crippen LogP contribution < -0.4 is 18.9 Å². The standard InChI is InChI=1S/C31H32N2O5/c1-21(2)36-27-13-12-22(18-28(27)35-3)30(34)33-16-14-31(15-17-33)19-29(24-9-5-7-11-26(24)38-31)37-25-10-6-4-8-23(25)20-32/h4-13,18,21,29H,14-17,19H2,1-3H3. The van der Waals surface area contributed by atoms with E-state index >= 15 is 0 Å². The minimum Gasteiger partial charge on any atom is -0.493 e. The maximum atomic E-state index is 13.4. The molecule has 1 spiro atoms. The predicted octanol–water partition coefficient (Wildman–Crippen LogP) is 5.93. The summed E-state index contributed by atoms with van der Waals surface area (Å²) in [6, 6.07) is 22.7. The number of fused-ring (bicyclic) bond motifs is 1. The fourth-order valence-electron chi connectivity index (χ4n) is 5.24. The molecule has 2 aliphatic rings. The van der Waals surface area contributed by atoms with Crippen molar-refractivity contribution in [3.05, 3.63) is 83.4 Å². The minimum atomic E-state index is -0.454. The Kier molecular flexibility index (Phi) is 7.15. The fourth-order valence-corrected chi connectivity index (χ4v) is 5.24. The van der Waals surface area contributed by atoms with Crippen LogP contribution in [0.1, 0.15) is 60.7 Å².